The zero-order valence-corrected chi connectivity index (χ0v) is 51.8. The lowest BCUT2D eigenvalue weighted by Gasteiger charge is -2.36. The first-order valence-corrected chi connectivity index (χ1v) is 30.1. The number of carbonyl (C=O) groups excluding carboxylic acids is 2. The van der Waals surface area contributed by atoms with Crippen LogP contribution in [0.3, 0.4) is 0 Å². The maximum absolute atomic E-state index is 14.4. The summed E-state index contributed by atoms with van der Waals surface area (Å²) >= 11 is 4.90. The van der Waals surface area contributed by atoms with Gasteiger partial charge in [-0.05, 0) is 151 Å². The van der Waals surface area contributed by atoms with Crippen molar-refractivity contribution in [2.24, 2.45) is 10.8 Å². The number of alkyl halides is 6. The molecule has 6 aromatic carbocycles. The molecule has 4 heterocycles. The van der Waals surface area contributed by atoms with Gasteiger partial charge in [0.1, 0.15) is 23.3 Å². The molecule has 0 radical (unpaired) electrons. The zero-order chi connectivity index (χ0) is 65.1. The van der Waals surface area contributed by atoms with Gasteiger partial charge in [0.2, 0.25) is 0 Å². The molecule has 0 bridgehead atoms. The zero-order valence-electron chi connectivity index (χ0n) is 51.0. The van der Waals surface area contributed by atoms with Crippen molar-refractivity contribution in [3.63, 3.8) is 0 Å². The second kappa shape index (κ2) is 26.2. The highest BCUT2D eigenvalue weighted by Gasteiger charge is 2.71. The first kappa shape index (κ1) is 66.1. The molecule has 2 spiro atoms. The molecule has 2 saturated heterocycles. The standard InChI is InChI=1S/C31H27F4N5O.C28H22F4N4.C6H15N.C3H6ClNO/c1-36-22-6-4-5-20(15-22)19-7-9-21(10-8-19)30(18-29(30)11-13-40(14-12-29)28(41)39(2)3)27-37-25-16-23(31(33,34)35)24(32)17-26(25)38-27;1-33-20-4-2-3-18(13-20)17-5-7-19(8-6-17)27(16-26(27)9-11-34-12-10-26)25-35-23-14-21(28(30,31)32)22(29)15-24(23)36-25;1-4-7(5-2)6-3;1-5(2)3(4)6/h4-10,15-17H,11-14,18H2,2-3H3,(H,37,38);2-8,13-15,34H,9-12,16H2,(H,35,36);4-6H2,1-3H3;1-2H3. The van der Waals surface area contributed by atoms with Crippen molar-refractivity contribution < 1.29 is 44.7 Å². The Bertz CT molecular complexity index is 3980. The molecule has 22 heteroatoms. The number of nitrogens with one attached hydrogen (secondary N) is 3. The maximum Gasteiger partial charge on any atom is 0.419 e. The summed E-state index contributed by atoms with van der Waals surface area (Å²) in [6.45, 7) is 27.5. The Balaban J connectivity index is 0.000000179. The summed E-state index contributed by atoms with van der Waals surface area (Å²) in [6, 6.07) is 34.1. The number of halogens is 9. The minimum atomic E-state index is -4.83. The molecule has 90 heavy (non-hydrogen) atoms. The Morgan fingerprint density at radius 2 is 0.967 bits per heavy atom. The molecule has 2 aromatic heterocycles. The van der Waals surface area contributed by atoms with Crippen LogP contribution in [0.4, 0.5) is 56.1 Å². The number of hydrogen-bond acceptors (Lipinski definition) is 6. The molecule has 2 unspecified atom stereocenters. The number of nitrogens with zero attached hydrogens (tertiary/aromatic N) is 8. The van der Waals surface area contributed by atoms with Crippen LogP contribution >= 0.6 is 11.6 Å². The number of piperidine rings is 2. The van der Waals surface area contributed by atoms with Crippen LogP contribution in [0.15, 0.2) is 121 Å². The van der Waals surface area contributed by atoms with Crippen molar-refractivity contribution in [2.75, 3.05) is 74.0 Å². The lowest BCUT2D eigenvalue weighted by Crippen LogP contribution is -2.45. The summed E-state index contributed by atoms with van der Waals surface area (Å²) in [5.41, 5.74) is 3.40. The van der Waals surface area contributed by atoms with Crippen molar-refractivity contribution in [1.29, 1.82) is 0 Å². The molecule has 2 aliphatic heterocycles. The van der Waals surface area contributed by atoms with Gasteiger partial charge < -0.3 is 34.9 Å². The van der Waals surface area contributed by atoms with E-state index >= 15 is 0 Å². The fraction of sp³-hybridized carbons (Fsp3) is 0.382. The van der Waals surface area contributed by atoms with Crippen LogP contribution in [0.25, 0.3) is 54.0 Å². The number of aromatic amines is 2. The van der Waals surface area contributed by atoms with Crippen molar-refractivity contribution >= 4 is 56.4 Å². The van der Waals surface area contributed by atoms with Gasteiger partial charge in [0.15, 0.2) is 11.4 Å². The number of likely N-dealkylation sites (tertiary alicyclic amines) is 1. The van der Waals surface area contributed by atoms with Crippen LogP contribution in [0, 0.1) is 35.6 Å². The summed E-state index contributed by atoms with van der Waals surface area (Å²) in [7, 11) is 6.61. The Morgan fingerprint density at radius 3 is 1.30 bits per heavy atom. The Morgan fingerprint density at radius 1 is 0.578 bits per heavy atom. The van der Waals surface area contributed by atoms with Gasteiger partial charge in [-0.1, -0.05) is 106 Å². The van der Waals surface area contributed by atoms with E-state index in [2.05, 4.69) is 60.6 Å². The van der Waals surface area contributed by atoms with Crippen LogP contribution < -0.4 is 5.32 Å². The van der Waals surface area contributed by atoms with Crippen LogP contribution in [0.1, 0.15) is 93.2 Å². The first-order valence-electron chi connectivity index (χ1n) is 29.7. The third-order valence-corrected chi connectivity index (χ3v) is 18.7. The minimum Gasteiger partial charge on any atom is -0.341 e. The van der Waals surface area contributed by atoms with Crippen LogP contribution in [-0.4, -0.2) is 125 Å². The lowest BCUT2D eigenvalue weighted by molar-refractivity contribution is -0.140. The van der Waals surface area contributed by atoms with Gasteiger partial charge in [-0.15, -0.1) is 0 Å². The Hall–Kier alpha value is -8.37. The molecule has 12 rings (SSSR count). The van der Waals surface area contributed by atoms with Gasteiger partial charge in [0.05, 0.1) is 57.2 Å². The van der Waals surface area contributed by atoms with E-state index in [4.69, 9.17) is 24.7 Å². The van der Waals surface area contributed by atoms with Crippen LogP contribution in [0.2, 0.25) is 0 Å². The summed E-state index contributed by atoms with van der Waals surface area (Å²) in [6.07, 6.45) is -4.86. The third kappa shape index (κ3) is 13.1. The lowest BCUT2D eigenvalue weighted by atomic mass is 9.79. The highest BCUT2D eigenvalue weighted by Crippen LogP contribution is 2.73. The fourth-order valence-corrected chi connectivity index (χ4v) is 13.2. The number of fused-ring (bicyclic) bond motifs is 2. The topological polar surface area (TPSA) is 125 Å². The number of imidazole rings is 2. The highest BCUT2D eigenvalue weighted by molar-refractivity contribution is 6.62. The quantitative estimate of drug-likeness (QED) is 0.0572. The number of benzene rings is 6. The number of hydrogen-bond donors (Lipinski definition) is 3. The SMILES string of the molecule is CCN(CC)CC.CN(C)C(=O)Cl.[C-]#[N+]c1cccc(-c2ccc(C3(c4nc5cc(F)c(C(F)(F)F)cc5[nH]4)CC34CCN(C(=O)N(C)C)CC4)cc2)c1.[C-]#[N+]c1cccc(-c2ccc(C3(c4nc5cc(F)c(C(F)(F)F)cc5[nH]4)CC34CCNCC4)cc2)c1. The minimum absolute atomic E-state index is 0.0593. The van der Waals surface area contributed by atoms with Gasteiger partial charge in [0, 0.05) is 53.4 Å². The predicted molar refractivity (Wildman–Crippen MR) is 334 cm³/mol. The maximum atomic E-state index is 14.4. The molecule has 3 N–H and O–H groups in total. The molecule has 2 aliphatic carbocycles. The largest absolute Gasteiger partial charge is 0.419 e. The number of aromatic nitrogens is 4. The molecule has 2 atom stereocenters. The molecular weight excluding hydrogens is 1190 g/mol. The summed E-state index contributed by atoms with van der Waals surface area (Å²) < 4.78 is 109. The first-order chi connectivity index (χ1) is 42.7. The van der Waals surface area contributed by atoms with E-state index in [1.807, 2.05) is 89.8 Å². The molecule has 3 amide bonds. The average Bonchev–Trinajstić information content (AvgIpc) is 1.52. The second-order valence-corrected chi connectivity index (χ2v) is 24.1. The number of H-pyrrole nitrogens is 2. The second-order valence-electron chi connectivity index (χ2n) is 23.7. The van der Waals surface area contributed by atoms with Crippen molar-refractivity contribution in [3.8, 4) is 22.3 Å². The van der Waals surface area contributed by atoms with Crippen molar-refractivity contribution in [1.82, 2.24) is 44.9 Å². The molecule has 2 saturated carbocycles. The van der Waals surface area contributed by atoms with Gasteiger partial charge in [-0.3, -0.25) is 4.79 Å². The summed E-state index contributed by atoms with van der Waals surface area (Å²) in [5.74, 6) is -1.59. The van der Waals surface area contributed by atoms with Crippen molar-refractivity contribution in [3.05, 3.63) is 190 Å². The van der Waals surface area contributed by atoms with E-state index < -0.39 is 51.3 Å². The molecular formula is C68H70ClF8N11O2. The number of rotatable bonds is 9. The summed E-state index contributed by atoms with van der Waals surface area (Å²) in [4.78, 5) is 52.0. The van der Waals surface area contributed by atoms with E-state index in [1.54, 1.807) is 45.2 Å². The van der Waals surface area contributed by atoms with E-state index in [9.17, 15) is 44.7 Å². The molecule has 472 valence electrons. The van der Waals surface area contributed by atoms with E-state index in [0.29, 0.717) is 55.4 Å². The van der Waals surface area contributed by atoms with E-state index in [-0.39, 0.29) is 38.9 Å². The van der Waals surface area contributed by atoms with Crippen molar-refractivity contribution in [2.45, 2.75) is 82.5 Å². The summed E-state index contributed by atoms with van der Waals surface area (Å²) in [5, 5.41) is 2.96. The predicted octanol–water partition coefficient (Wildman–Crippen LogP) is 16.6. The monoisotopic (exact) mass is 1260 g/mol. The number of carbonyl (C=O) groups is 2. The Labute approximate surface area is 523 Å². The number of urea groups is 1. The average molecular weight is 1260 g/mol. The number of amides is 3. The fourth-order valence-electron chi connectivity index (χ4n) is 13.2. The third-order valence-electron chi connectivity index (χ3n) is 18.3. The molecule has 4 aliphatic rings. The van der Waals surface area contributed by atoms with Crippen LogP contribution in [-0.2, 0) is 23.2 Å². The van der Waals surface area contributed by atoms with E-state index in [0.717, 1.165) is 90.0 Å². The van der Waals surface area contributed by atoms with Gasteiger partial charge in [-0.25, -0.2) is 33.2 Å². The van der Waals surface area contributed by atoms with E-state index in [1.165, 1.54) is 24.5 Å². The molecule has 8 aromatic rings. The molecule has 4 fully saturated rings. The smallest absolute Gasteiger partial charge is 0.341 e. The highest BCUT2D eigenvalue weighted by atomic mass is 35.5. The van der Waals surface area contributed by atoms with Gasteiger partial charge in [-0.2, -0.15) is 26.3 Å². The van der Waals surface area contributed by atoms with Crippen LogP contribution in [0.5, 0.6) is 0 Å². The normalized spacial score (nSPS) is 18.7. The molecule has 13 nitrogen and oxygen atoms in total. The Kier molecular flexibility index (Phi) is 19.2. The van der Waals surface area contributed by atoms with Gasteiger partial charge in [0.25, 0.3) is 0 Å². The van der Waals surface area contributed by atoms with Gasteiger partial charge >= 0.3 is 23.8 Å².